The summed E-state index contributed by atoms with van der Waals surface area (Å²) in [6, 6.07) is 0. The van der Waals surface area contributed by atoms with Crippen LogP contribution < -0.4 is 0 Å². The third kappa shape index (κ3) is 1.53. The van der Waals surface area contributed by atoms with Crippen LogP contribution in [0.15, 0.2) is 21.8 Å². The van der Waals surface area contributed by atoms with Gasteiger partial charge in [-0.05, 0) is 22.6 Å². The minimum absolute atomic E-state index is 0.712. The predicted octanol–water partition coefficient (Wildman–Crippen LogP) is 0.597. The number of rotatable bonds is 0. The molecule has 1 aliphatic carbocycles. The number of halogens is 1. The maximum absolute atomic E-state index is 9.07. The molecule has 0 saturated heterocycles. The van der Waals surface area contributed by atoms with Crippen LogP contribution in [0.2, 0.25) is 0 Å². The first-order valence-electron chi connectivity index (χ1n) is 2.62. The van der Waals surface area contributed by atoms with Gasteiger partial charge in [0.15, 0.2) is 0 Å². The van der Waals surface area contributed by atoms with Crippen molar-refractivity contribution in [1.82, 2.24) is 0 Å². The highest BCUT2D eigenvalue weighted by Crippen LogP contribution is 2.18. The van der Waals surface area contributed by atoms with Gasteiger partial charge < -0.3 is 10.2 Å². The molecule has 0 aromatic heterocycles. The van der Waals surface area contributed by atoms with E-state index in [0.717, 1.165) is 3.58 Å². The van der Waals surface area contributed by atoms with Gasteiger partial charge in [-0.1, -0.05) is 18.2 Å². The number of allylic oxidation sites excluding steroid dienone is 2. The summed E-state index contributed by atoms with van der Waals surface area (Å²) in [5.74, 6) is 0. The second-order valence-electron chi connectivity index (χ2n) is 1.87. The van der Waals surface area contributed by atoms with Gasteiger partial charge in [0.25, 0.3) is 0 Å². The van der Waals surface area contributed by atoms with Gasteiger partial charge in [0.2, 0.25) is 0 Å². The fourth-order valence-corrected chi connectivity index (χ4v) is 1.20. The predicted molar refractivity (Wildman–Crippen MR) is 43.3 cm³/mol. The average Bonchev–Trinajstić information content (AvgIpc) is 1.83. The monoisotopic (exact) mass is 238 g/mol. The van der Waals surface area contributed by atoms with E-state index in [9.17, 15) is 0 Å². The minimum Gasteiger partial charge on any atom is -0.386 e. The third-order valence-electron chi connectivity index (χ3n) is 1.17. The van der Waals surface area contributed by atoms with Crippen molar-refractivity contribution in [3.8, 4) is 0 Å². The molecule has 1 aliphatic rings. The fourth-order valence-electron chi connectivity index (χ4n) is 0.628. The largest absolute Gasteiger partial charge is 0.386 e. The van der Waals surface area contributed by atoms with E-state index in [-0.39, 0.29) is 0 Å². The van der Waals surface area contributed by atoms with Gasteiger partial charge in [-0.15, -0.1) is 0 Å². The van der Waals surface area contributed by atoms with Crippen molar-refractivity contribution in [3.63, 3.8) is 0 Å². The lowest BCUT2D eigenvalue weighted by molar-refractivity contribution is 0.0782. The molecule has 50 valence electrons. The van der Waals surface area contributed by atoms with E-state index in [1.807, 2.05) is 22.6 Å². The van der Waals surface area contributed by atoms with Gasteiger partial charge in [-0.3, -0.25) is 0 Å². The molecule has 0 radical (unpaired) electrons. The summed E-state index contributed by atoms with van der Waals surface area (Å²) in [6.45, 7) is 0. The molecule has 0 fully saturated rings. The van der Waals surface area contributed by atoms with Crippen LogP contribution in [-0.2, 0) is 0 Å². The molecule has 0 aromatic carbocycles. The summed E-state index contributed by atoms with van der Waals surface area (Å²) in [6.07, 6.45) is 3.64. The topological polar surface area (TPSA) is 40.5 Å². The van der Waals surface area contributed by atoms with E-state index in [1.165, 1.54) is 0 Å². The zero-order valence-electron chi connectivity index (χ0n) is 4.66. The Labute approximate surface area is 67.0 Å². The lowest BCUT2D eigenvalue weighted by Gasteiger charge is -2.16. The summed E-state index contributed by atoms with van der Waals surface area (Å²) in [7, 11) is 0. The van der Waals surface area contributed by atoms with Crippen LogP contribution in [0.25, 0.3) is 0 Å². The van der Waals surface area contributed by atoms with Crippen LogP contribution in [-0.4, -0.2) is 22.4 Å². The number of aliphatic hydroxyl groups excluding tert-OH is 2. The van der Waals surface area contributed by atoms with Crippen molar-refractivity contribution in [1.29, 1.82) is 0 Å². The first-order valence-corrected chi connectivity index (χ1v) is 3.69. The number of hydrogen-bond donors (Lipinski definition) is 2. The molecule has 2 nitrogen and oxygen atoms in total. The Morgan fingerprint density at radius 2 is 2.11 bits per heavy atom. The van der Waals surface area contributed by atoms with E-state index in [4.69, 9.17) is 10.2 Å². The first kappa shape index (κ1) is 7.24. The summed E-state index contributed by atoms with van der Waals surface area (Å²) in [5, 5.41) is 18.0. The van der Waals surface area contributed by atoms with E-state index < -0.39 is 12.2 Å². The van der Waals surface area contributed by atoms with Crippen molar-refractivity contribution in [3.05, 3.63) is 21.8 Å². The standard InChI is InChI=1S/C6H7IO2/c7-4-2-1-3-5(8)6(4)9/h1-3,5-6,8-9H. The Morgan fingerprint density at radius 1 is 1.44 bits per heavy atom. The Kier molecular flexibility index (Phi) is 2.26. The molecule has 1 rings (SSSR count). The molecular formula is C6H7IO2. The molecule has 0 spiro atoms. The van der Waals surface area contributed by atoms with E-state index in [1.54, 1.807) is 18.2 Å². The van der Waals surface area contributed by atoms with Crippen LogP contribution in [0, 0.1) is 0 Å². The Balaban J connectivity index is 2.73. The highest BCUT2D eigenvalue weighted by atomic mass is 127. The zero-order chi connectivity index (χ0) is 6.85. The van der Waals surface area contributed by atoms with Crippen LogP contribution >= 0.6 is 22.6 Å². The fraction of sp³-hybridized carbons (Fsp3) is 0.333. The van der Waals surface area contributed by atoms with Gasteiger partial charge in [0, 0.05) is 3.58 Å². The van der Waals surface area contributed by atoms with Gasteiger partial charge in [0.1, 0.15) is 12.2 Å². The molecule has 0 bridgehead atoms. The molecule has 3 heteroatoms. The molecule has 0 aromatic rings. The van der Waals surface area contributed by atoms with Crippen LogP contribution in [0.4, 0.5) is 0 Å². The Morgan fingerprint density at radius 3 is 2.56 bits per heavy atom. The molecule has 0 amide bonds. The van der Waals surface area contributed by atoms with Crippen molar-refractivity contribution in [2.24, 2.45) is 0 Å². The maximum atomic E-state index is 9.07. The van der Waals surface area contributed by atoms with Crippen LogP contribution in [0.1, 0.15) is 0 Å². The van der Waals surface area contributed by atoms with Crippen LogP contribution in [0.5, 0.6) is 0 Å². The van der Waals surface area contributed by atoms with Gasteiger partial charge in [-0.2, -0.15) is 0 Å². The van der Waals surface area contributed by atoms with Crippen LogP contribution in [0.3, 0.4) is 0 Å². The van der Waals surface area contributed by atoms with E-state index in [0.29, 0.717) is 0 Å². The summed E-state index contributed by atoms with van der Waals surface area (Å²) >= 11 is 2.00. The number of aliphatic hydroxyl groups is 2. The second-order valence-corrected chi connectivity index (χ2v) is 3.12. The summed E-state index contributed by atoms with van der Waals surface area (Å²) in [4.78, 5) is 0. The molecule has 0 heterocycles. The minimum atomic E-state index is -0.720. The lowest BCUT2D eigenvalue weighted by Crippen LogP contribution is -2.25. The number of hydrogen-bond acceptors (Lipinski definition) is 2. The molecule has 9 heavy (non-hydrogen) atoms. The average molecular weight is 238 g/mol. The molecule has 0 saturated carbocycles. The SMILES string of the molecule is OC1C=CC=C(I)C1O. The highest BCUT2D eigenvalue weighted by Gasteiger charge is 2.17. The molecule has 0 aliphatic heterocycles. The molecule has 2 N–H and O–H groups in total. The van der Waals surface area contributed by atoms with Crippen molar-refractivity contribution in [2.75, 3.05) is 0 Å². The van der Waals surface area contributed by atoms with Crippen molar-refractivity contribution < 1.29 is 10.2 Å². The zero-order valence-corrected chi connectivity index (χ0v) is 6.82. The Hall–Kier alpha value is 0.130. The second kappa shape index (κ2) is 2.81. The van der Waals surface area contributed by atoms with E-state index >= 15 is 0 Å². The van der Waals surface area contributed by atoms with Crippen molar-refractivity contribution >= 4 is 22.6 Å². The quantitative estimate of drug-likeness (QED) is 0.606. The summed E-state index contributed by atoms with van der Waals surface area (Å²) < 4.78 is 0.780. The van der Waals surface area contributed by atoms with Gasteiger partial charge in [-0.25, -0.2) is 0 Å². The third-order valence-corrected chi connectivity index (χ3v) is 2.17. The Bertz CT molecular complexity index is 162. The first-order chi connectivity index (χ1) is 4.22. The lowest BCUT2D eigenvalue weighted by atomic mass is 10.1. The summed E-state index contributed by atoms with van der Waals surface area (Å²) in [5.41, 5.74) is 0. The molecule has 2 atom stereocenters. The normalized spacial score (nSPS) is 34.3. The van der Waals surface area contributed by atoms with Gasteiger partial charge in [0.05, 0.1) is 0 Å². The highest BCUT2D eigenvalue weighted by molar-refractivity contribution is 14.1. The van der Waals surface area contributed by atoms with E-state index in [2.05, 4.69) is 0 Å². The molecule has 2 unspecified atom stereocenters. The maximum Gasteiger partial charge on any atom is 0.114 e. The molecular weight excluding hydrogens is 231 g/mol. The van der Waals surface area contributed by atoms with Crippen molar-refractivity contribution in [2.45, 2.75) is 12.2 Å². The van der Waals surface area contributed by atoms with Gasteiger partial charge >= 0.3 is 0 Å². The smallest absolute Gasteiger partial charge is 0.114 e.